The van der Waals surface area contributed by atoms with E-state index < -0.39 is 11.9 Å². The van der Waals surface area contributed by atoms with Crippen LogP contribution in [0.1, 0.15) is 99.8 Å². The molecular formula is C23H37NO4. The van der Waals surface area contributed by atoms with Crippen molar-refractivity contribution in [1.82, 2.24) is 4.98 Å². The molecule has 5 heteroatoms. The molecule has 0 saturated carbocycles. The van der Waals surface area contributed by atoms with Crippen molar-refractivity contribution < 1.29 is 19.1 Å². The Hall–Kier alpha value is -1.91. The van der Waals surface area contributed by atoms with E-state index in [2.05, 4.69) is 32.7 Å². The molecule has 5 nitrogen and oxygen atoms in total. The first-order valence-corrected chi connectivity index (χ1v) is 10.7. The van der Waals surface area contributed by atoms with E-state index in [0.717, 1.165) is 38.5 Å². The lowest BCUT2D eigenvalue weighted by atomic mass is 10.1. The summed E-state index contributed by atoms with van der Waals surface area (Å²) in [7, 11) is 0. The zero-order valence-electron chi connectivity index (χ0n) is 18.0. The minimum absolute atomic E-state index is 0.286. The van der Waals surface area contributed by atoms with Crippen LogP contribution in [0.3, 0.4) is 0 Å². The lowest BCUT2D eigenvalue weighted by Gasteiger charge is -2.08. The Balaban J connectivity index is 2.31. The van der Waals surface area contributed by atoms with Crippen LogP contribution < -0.4 is 0 Å². The molecule has 0 aliphatic rings. The molecule has 1 aromatic heterocycles. The fraction of sp³-hybridized carbons (Fsp3) is 0.696. The maximum absolute atomic E-state index is 12.1. The zero-order chi connectivity index (χ0) is 20.8. The molecule has 1 aromatic rings. The standard InChI is InChI=1S/C23H37NO4/c1-18(2)11-7-5-9-13-27-22(25)20-15-21(17-24-16-20)23(26)28-14-10-6-8-12-19(3)4/h15-19H,5-14H2,1-4H3. The Morgan fingerprint density at radius 1 is 0.750 bits per heavy atom. The molecule has 0 spiro atoms. The number of carbonyl (C=O) groups excluding carboxylic acids is 2. The predicted molar refractivity (Wildman–Crippen MR) is 111 cm³/mol. The maximum Gasteiger partial charge on any atom is 0.339 e. The van der Waals surface area contributed by atoms with Gasteiger partial charge in [-0.2, -0.15) is 0 Å². The molecule has 28 heavy (non-hydrogen) atoms. The minimum atomic E-state index is -0.445. The summed E-state index contributed by atoms with van der Waals surface area (Å²) in [4.78, 5) is 28.2. The fourth-order valence-electron chi connectivity index (χ4n) is 2.82. The van der Waals surface area contributed by atoms with Gasteiger partial charge < -0.3 is 9.47 Å². The van der Waals surface area contributed by atoms with Gasteiger partial charge in [0, 0.05) is 12.4 Å². The van der Waals surface area contributed by atoms with E-state index in [-0.39, 0.29) is 11.1 Å². The highest BCUT2D eigenvalue weighted by Crippen LogP contribution is 2.11. The van der Waals surface area contributed by atoms with Crippen molar-refractivity contribution in [3.63, 3.8) is 0 Å². The van der Waals surface area contributed by atoms with Gasteiger partial charge in [-0.3, -0.25) is 4.98 Å². The molecule has 0 unspecified atom stereocenters. The van der Waals surface area contributed by atoms with Crippen molar-refractivity contribution in [3.05, 3.63) is 29.6 Å². The second-order valence-electron chi connectivity index (χ2n) is 8.22. The van der Waals surface area contributed by atoms with Gasteiger partial charge in [0.2, 0.25) is 0 Å². The molecule has 0 saturated heterocycles. The molecule has 0 aliphatic heterocycles. The van der Waals surface area contributed by atoms with Crippen LogP contribution in [0.4, 0.5) is 0 Å². The average Bonchev–Trinajstić information content (AvgIpc) is 2.66. The molecule has 0 radical (unpaired) electrons. The quantitative estimate of drug-likeness (QED) is 0.295. The van der Waals surface area contributed by atoms with Crippen molar-refractivity contribution in [2.75, 3.05) is 13.2 Å². The number of aromatic nitrogens is 1. The number of carbonyl (C=O) groups is 2. The monoisotopic (exact) mass is 391 g/mol. The molecule has 158 valence electrons. The summed E-state index contributed by atoms with van der Waals surface area (Å²) in [5.74, 6) is 0.520. The molecule has 0 fully saturated rings. The Labute approximate surface area is 170 Å². The second kappa shape index (κ2) is 14.1. The molecule has 1 rings (SSSR count). The van der Waals surface area contributed by atoms with Crippen LogP contribution >= 0.6 is 0 Å². The lowest BCUT2D eigenvalue weighted by molar-refractivity contribution is 0.0495. The fourth-order valence-corrected chi connectivity index (χ4v) is 2.82. The van der Waals surface area contributed by atoms with Crippen LogP contribution in [-0.4, -0.2) is 30.1 Å². The Kier molecular flexibility index (Phi) is 12.2. The number of unbranched alkanes of at least 4 members (excludes halogenated alkanes) is 4. The third kappa shape index (κ3) is 11.1. The SMILES string of the molecule is CC(C)CCCCCOC(=O)c1cncc(C(=O)OCCCCCC(C)C)c1. The van der Waals surface area contributed by atoms with Gasteiger partial charge in [-0.25, -0.2) is 9.59 Å². The van der Waals surface area contributed by atoms with Crippen molar-refractivity contribution in [2.45, 2.75) is 79.1 Å². The highest BCUT2D eigenvalue weighted by Gasteiger charge is 2.13. The van der Waals surface area contributed by atoms with Gasteiger partial charge in [-0.05, 0) is 30.7 Å². The van der Waals surface area contributed by atoms with E-state index in [1.54, 1.807) is 0 Å². The number of rotatable bonds is 14. The molecule has 1 heterocycles. The molecule has 0 aromatic carbocycles. The van der Waals surface area contributed by atoms with Gasteiger partial charge in [0.25, 0.3) is 0 Å². The van der Waals surface area contributed by atoms with Crippen LogP contribution in [0.5, 0.6) is 0 Å². The van der Waals surface area contributed by atoms with Crippen molar-refractivity contribution in [1.29, 1.82) is 0 Å². The van der Waals surface area contributed by atoms with Gasteiger partial charge in [-0.1, -0.05) is 66.2 Å². The summed E-state index contributed by atoms with van der Waals surface area (Å²) in [6.45, 7) is 9.61. The molecule has 0 atom stereocenters. The van der Waals surface area contributed by atoms with Crippen LogP contribution in [0.2, 0.25) is 0 Å². The number of hydrogen-bond acceptors (Lipinski definition) is 5. The topological polar surface area (TPSA) is 65.5 Å². The number of esters is 2. The number of hydrogen-bond donors (Lipinski definition) is 0. The van der Waals surface area contributed by atoms with Crippen molar-refractivity contribution >= 4 is 11.9 Å². The number of nitrogens with zero attached hydrogens (tertiary/aromatic N) is 1. The third-order valence-corrected chi connectivity index (χ3v) is 4.53. The normalized spacial score (nSPS) is 11.1. The predicted octanol–water partition coefficient (Wildman–Crippen LogP) is 5.83. The van der Waals surface area contributed by atoms with Crippen LogP contribution in [-0.2, 0) is 9.47 Å². The van der Waals surface area contributed by atoms with Crippen LogP contribution in [0.15, 0.2) is 18.5 Å². The summed E-state index contributed by atoms with van der Waals surface area (Å²) in [6.07, 6.45) is 11.3. The van der Waals surface area contributed by atoms with E-state index >= 15 is 0 Å². The zero-order valence-corrected chi connectivity index (χ0v) is 18.0. The van der Waals surface area contributed by atoms with E-state index in [9.17, 15) is 9.59 Å². The Morgan fingerprint density at radius 3 is 1.57 bits per heavy atom. The van der Waals surface area contributed by atoms with E-state index in [1.807, 2.05) is 0 Å². The molecule has 0 N–H and O–H groups in total. The smallest absolute Gasteiger partial charge is 0.339 e. The first-order valence-electron chi connectivity index (χ1n) is 10.7. The van der Waals surface area contributed by atoms with Crippen LogP contribution in [0, 0.1) is 11.8 Å². The lowest BCUT2D eigenvalue weighted by Crippen LogP contribution is -2.11. The highest BCUT2D eigenvalue weighted by atomic mass is 16.5. The Bertz CT molecular complexity index is 536. The van der Waals surface area contributed by atoms with Gasteiger partial charge in [0.1, 0.15) is 0 Å². The van der Waals surface area contributed by atoms with Gasteiger partial charge in [-0.15, -0.1) is 0 Å². The summed E-state index contributed by atoms with van der Waals surface area (Å²) in [6, 6.07) is 1.50. The molecule has 0 bridgehead atoms. The number of pyridine rings is 1. The third-order valence-electron chi connectivity index (χ3n) is 4.53. The average molecular weight is 392 g/mol. The highest BCUT2D eigenvalue weighted by molar-refractivity contribution is 5.94. The van der Waals surface area contributed by atoms with Crippen LogP contribution in [0.25, 0.3) is 0 Å². The summed E-state index contributed by atoms with van der Waals surface area (Å²) in [5, 5.41) is 0. The second-order valence-corrected chi connectivity index (χ2v) is 8.22. The largest absolute Gasteiger partial charge is 0.462 e. The minimum Gasteiger partial charge on any atom is -0.462 e. The summed E-state index contributed by atoms with van der Waals surface area (Å²) < 4.78 is 10.6. The van der Waals surface area contributed by atoms with Crippen molar-refractivity contribution in [3.8, 4) is 0 Å². The Morgan fingerprint density at radius 2 is 1.18 bits per heavy atom. The van der Waals surface area contributed by atoms with E-state index in [0.29, 0.717) is 25.0 Å². The molecular weight excluding hydrogens is 354 g/mol. The van der Waals surface area contributed by atoms with Gasteiger partial charge in [0.05, 0.1) is 24.3 Å². The summed E-state index contributed by atoms with van der Waals surface area (Å²) >= 11 is 0. The van der Waals surface area contributed by atoms with Gasteiger partial charge in [0.15, 0.2) is 0 Å². The first-order chi connectivity index (χ1) is 13.4. The van der Waals surface area contributed by atoms with E-state index in [4.69, 9.17) is 9.47 Å². The first kappa shape index (κ1) is 24.1. The summed E-state index contributed by atoms with van der Waals surface area (Å²) in [5.41, 5.74) is 0.571. The van der Waals surface area contributed by atoms with E-state index in [1.165, 1.54) is 31.3 Å². The number of ether oxygens (including phenoxy) is 2. The van der Waals surface area contributed by atoms with Gasteiger partial charge >= 0.3 is 11.9 Å². The van der Waals surface area contributed by atoms with Crippen molar-refractivity contribution in [2.24, 2.45) is 11.8 Å². The maximum atomic E-state index is 12.1. The molecule has 0 amide bonds. The molecule has 0 aliphatic carbocycles.